The Morgan fingerprint density at radius 1 is 1.21 bits per heavy atom. The fourth-order valence-electron chi connectivity index (χ4n) is 5.72. The minimum absolute atomic E-state index is 0.110. The zero-order chi connectivity index (χ0) is 23.2. The molecule has 0 aromatic heterocycles. The number of amides is 3. The van der Waals surface area contributed by atoms with Gasteiger partial charge in [0.15, 0.2) is 0 Å². The first-order chi connectivity index (χ1) is 15.9. The zero-order valence-electron chi connectivity index (χ0n) is 19.0. The van der Waals surface area contributed by atoms with Crippen molar-refractivity contribution in [2.45, 2.75) is 19.3 Å². The van der Waals surface area contributed by atoms with Gasteiger partial charge in [-0.05, 0) is 44.0 Å². The van der Waals surface area contributed by atoms with Crippen molar-refractivity contribution in [3.63, 3.8) is 0 Å². The Labute approximate surface area is 193 Å². The molecule has 0 aliphatic carbocycles. The van der Waals surface area contributed by atoms with Gasteiger partial charge >= 0.3 is 6.03 Å². The second-order valence-corrected chi connectivity index (χ2v) is 9.92. The van der Waals surface area contributed by atoms with Gasteiger partial charge in [-0.25, -0.2) is 9.18 Å². The van der Waals surface area contributed by atoms with E-state index in [1.54, 1.807) is 13.1 Å². The highest BCUT2D eigenvalue weighted by atomic mass is 19.1. The molecule has 4 aliphatic heterocycles. The first-order valence-electron chi connectivity index (χ1n) is 11.8. The maximum atomic E-state index is 15.1. The van der Waals surface area contributed by atoms with Crippen LogP contribution in [-0.4, -0.2) is 87.0 Å². The molecule has 10 heteroatoms. The Morgan fingerprint density at radius 2 is 1.94 bits per heavy atom. The number of piperidine rings is 1. The van der Waals surface area contributed by atoms with E-state index in [0.717, 1.165) is 45.2 Å². The Balaban J connectivity index is 1.22. The van der Waals surface area contributed by atoms with Crippen LogP contribution in [0.15, 0.2) is 12.1 Å². The van der Waals surface area contributed by atoms with E-state index in [9.17, 15) is 9.59 Å². The summed E-state index contributed by atoms with van der Waals surface area (Å²) in [5.74, 6) is -0.0970. The molecule has 1 aromatic rings. The molecule has 4 fully saturated rings. The second kappa shape index (κ2) is 8.57. The molecular formula is C23H32FN7O2. The number of carbonyl (C=O) groups excluding carboxylic acids is 2. The van der Waals surface area contributed by atoms with E-state index in [2.05, 4.69) is 25.8 Å². The standard InChI is InChI=1S/C23H32FN7O2/c1-26-18-9-19(17(24)8-16(18)21(25)31-7-4-20(32)28-22(31)33)30-13-23(14-30)11-29(12-23)10-15-2-5-27-6-3-15/h8-9,15,25-27H,2-7,10-14H2,1H3,(H,28,32,33). The average Bonchev–Trinajstić information content (AvgIpc) is 2.75. The number of benzene rings is 1. The maximum absolute atomic E-state index is 15.1. The number of hydrogen-bond donors (Lipinski definition) is 4. The molecule has 0 unspecified atom stereocenters. The van der Waals surface area contributed by atoms with Crippen LogP contribution in [0.3, 0.4) is 0 Å². The summed E-state index contributed by atoms with van der Waals surface area (Å²) in [4.78, 5) is 29.3. The second-order valence-electron chi connectivity index (χ2n) is 9.92. The van der Waals surface area contributed by atoms with E-state index >= 15 is 4.39 Å². The van der Waals surface area contributed by atoms with Crippen molar-refractivity contribution in [3.8, 4) is 0 Å². The van der Waals surface area contributed by atoms with Crippen LogP contribution in [0.4, 0.5) is 20.6 Å². The first kappa shape index (κ1) is 22.1. The van der Waals surface area contributed by atoms with Crippen LogP contribution in [0.1, 0.15) is 24.8 Å². The van der Waals surface area contributed by atoms with E-state index in [4.69, 9.17) is 5.41 Å². The number of likely N-dealkylation sites (tertiary alicyclic amines) is 1. The van der Waals surface area contributed by atoms with Crippen molar-refractivity contribution in [3.05, 3.63) is 23.5 Å². The van der Waals surface area contributed by atoms with Gasteiger partial charge in [0.1, 0.15) is 11.7 Å². The number of carbonyl (C=O) groups is 2. The van der Waals surface area contributed by atoms with Crippen LogP contribution in [0, 0.1) is 22.6 Å². The minimum Gasteiger partial charge on any atom is -0.387 e. The fraction of sp³-hybridized carbons (Fsp3) is 0.609. The molecule has 178 valence electrons. The SMILES string of the molecule is CNc1cc(N2CC3(CN(CC4CCNCC4)C3)C2)c(F)cc1C(=N)N1CCC(=O)NC1=O. The molecule has 4 saturated heterocycles. The Bertz CT molecular complexity index is 964. The van der Waals surface area contributed by atoms with E-state index in [1.807, 2.05) is 0 Å². The number of hydrogen-bond acceptors (Lipinski definition) is 7. The lowest BCUT2D eigenvalue weighted by molar-refractivity contribution is -0.121. The number of amidine groups is 1. The van der Waals surface area contributed by atoms with E-state index in [1.165, 1.54) is 30.4 Å². The summed E-state index contributed by atoms with van der Waals surface area (Å²) in [6.45, 7) is 7.37. The van der Waals surface area contributed by atoms with Crippen molar-refractivity contribution in [2.24, 2.45) is 11.3 Å². The topological polar surface area (TPSA) is 104 Å². The molecule has 4 N–H and O–H groups in total. The van der Waals surface area contributed by atoms with Gasteiger partial charge in [-0.15, -0.1) is 0 Å². The molecule has 5 rings (SSSR count). The number of rotatable bonds is 5. The predicted molar refractivity (Wildman–Crippen MR) is 124 cm³/mol. The van der Waals surface area contributed by atoms with Crippen LogP contribution in [-0.2, 0) is 4.79 Å². The van der Waals surface area contributed by atoms with Gasteiger partial charge in [-0.1, -0.05) is 0 Å². The zero-order valence-corrected chi connectivity index (χ0v) is 19.0. The lowest BCUT2D eigenvalue weighted by Gasteiger charge is -2.61. The molecule has 4 aliphatic rings. The molecular weight excluding hydrogens is 425 g/mol. The van der Waals surface area contributed by atoms with Crippen LogP contribution >= 0.6 is 0 Å². The third kappa shape index (κ3) is 4.17. The monoisotopic (exact) mass is 457 g/mol. The van der Waals surface area contributed by atoms with Crippen molar-refractivity contribution in [1.29, 1.82) is 5.41 Å². The third-order valence-corrected chi connectivity index (χ3v) is 7.42. The average molecular weight is 458 g/mol. The molecule has 1 aromatic carbocycles. The molecule has 9 nitrogen and oxygen atoms in total. The number of anilines is 2. The van der Waals surface area contributed by atoms with Gasteiger partial charge < -0.3 is 20.4 Å². The van der Waals surface area contributed by atoms with Crippen LogP contribution in [0.2, 0.25) is 0 Å². The molecule has 0 radical (unpaired) electrons. The number of nitrogens with zero attached hydrogens (tertiary/aromatic N) is 3. The maximum Gasteiger partial charge on any atom is 0.329 e. The minimum atomic E-state index is -0.647. The van der Waals surface area contributed by atoms with Gasteiger partial charge in [0.25, 0.3) is 0 Å². The Kier molecular flexibility index (Phi) is 5.74. The van der Waals surface area contributed by atoms with E-state index in [-0.39, 0.29) is 30.1 Å². The highest BCUT2D eigenvalue weighted by Crippen LogP contribution is 2.44. The number of imide groups is 1. The first-order valence-corrected chi connectivity index (χ1v) is 11.8. The van der Waals surface area contributed by atoms with Gasteiger partial charge in [-0.3, -0.25) is 20.4 Å². The Hall–Kier alpha value is -2.72. The summed E-state index contributed by atoms with van der Waals surface area (Å²) in [5, 5.41) is 17.1. The van der Waals surface area contributed by atoms with Gasteiger partial charge in [0.2, 0.25) is 5.91 Å². The van der Waals surface area contributed by atoms with E-state index in [0.29, 0.717) is 16.9 Å². The third-order valence-electron chi connectivity index (χ3n) is 7.42. The van der Waals surface area contributed by atoms with Crippen molar-refractivity contribution in [1.82, 2.24) is 20.4 Å². The lowest BCUT2D eigenvalue weighted by atomic mass is 9.72. The van der Waals surface area contributed by atoms with Crippen molar-refractivity contribution in [2.75, 3.05) is 69.6 Å². The van der Waals surface area contributed by atoms with Crippen LogP contribution in [0.5, 0.6) is 0 Å². The van der Waals surface area contributed by atoms with Crippen molar-refractivity contribution < 1.29 is 14.0 Å². The number of urea groups is 1. The number of nitrogens with one attached hydrogen (secondary N) is 4. The molecule has 0 bridgehead atoms. The van der Waals surface area contributed by atoms with Crippen molar-refractivity contribution >= 4 is 29.1 Å². The van der Waals surface area contributed by atoms with E-state index < -0.39 is 11.8 Å². The summed E-state index contributed by atoms with van der Waals surface area (Å²) in [6, 6.07) is 2.40. The summed E-state index contributed by atoms with van der Waals surface area (Å²) in [5.41, 5.74) is 1.68. The summed E-state index contributed by atoms with van der Waals surface area (Å²) >= 11 is 0. The summed E-state index contributed by atoms with van der Waals surface area (Å²) in [6.07, 6.45) is 2.63. The fourth-order valence-corrected chi connectivity index (χ4v) is 5.72. The van der Waals surface area contributed by atoms with Gasteiger partial charge in [0, 0.05) is 69.4 Å². The van der Waals surface area contributed by atoms with Crippen LogP contribution in [0.25, 0.3) is 0 Å². The van der Waals surface area contributed by atoms with Gasteiger partial charge in [0.05, 0.1) is 5.69 Å². The quantitative estimate of drug-likeness (QED) is 0.392. The van der Waals surface area contributed by atoms with Gasteiger partial charge in [-0.2, -0.15) is 0 Å². The highest BCUT2D eigenvalue weighted by molar-refractivity contribution is 6.13. The molecule has 33 heavy (non-hydrogen) atoms. The Morgan fingerprint density at radius 3 is 2.61 bits per heavy atom. The molecule has 4 heterocycles. The predicted octanol–water partition coefficient (Wildman–Crippen LogP) is 1.26. The molecule has 3 amide bonds. The largest absolute Gasteiger partial charge is 0.387 e. The smallest absolute Gasteiger partial charge is 0.329 e. The lowest BCUT2D eigenvalue weighted by Crippen LogP contribution is -2.72. The van der Waals surface area contributed by atoms with Crippen LogP contribution < -0.4 is 20.9 Å². The molecule has 0 saturated carbocycles. The summed E-state index contributed by atoms with van der Waals surface area (Å²) < 4.78 is 15.1. The number of halogens is 1. The normalized spacial score (nSPS) is 23.2. The molecule has 1 spiro atoms. The highest BCUT2D eigenvalue weighted by Gasteiger charge is 2.52. The molecule has 0 atom stereocenters. The summed E-state index contributed by atoms with van der Waals surface area (Å²) in [7, 11) is 1.72.